The van der Waals surface area contributed by atoms with Crippen LogP contribution in [0.25, 0.3) is 0 Å². The molecule has 0 aliphatic heterocycles. The van der Waals surface area contributed by atoms with Gasteiger partial charge in [0.25, 0.3) is 0 Å². The second-order valence-corrected chi connectivity index (χ2v) is 7.62. The molecule has 4 nitrogen and oxygen atoms in total. The Morgan fingerprint density at radius 3 is 2.88 bits per heavy atom. The maximum absolute atomic E-state index is 13.8. The van der Waals surface area contributed by atoms with Gasteiger partial charge in [-0.25, -0.2) is 13.8 Å². The van der Waals surface area contributed by atoms with Crippen LogP contribution in [0.1, 0.15) is 24.8 Å². The Bertz CT molecular complexity index is 698. The van der Waals surface area contributed by atoms with E-state index in [1.807, 2.05) is 6.07 Å². The molecule has 0 unspecified atom stereocenters. The van der Waals surface area contributed by atoms with Gasteiger partial charge in [0, 0.05) is 31.2 Å². The maximum Gasteiger partial charge on any atom is 0.308 e. The predicted octanol–water partition coefficient (Wildman–Crippen LogP) is 4.23. The topological polar surface area (TPSA) is 51.2 Å². The molecule has 134 valence electrons. The Morgan fingerprint density at radius 1 is 1.44 bits per heavy atom. The van der Waals surface area contributed by atoms with Crippen molar-refractivity contribution in [3.8, 4) is 0 Å². The quantitative estimate of drug-likeness (QED) is 0.537. The average Bonchev–Trinajstić information content (AvgIpc) is 3.39. The van der Waals surface area contributed by atoms with Gasteiger partial charge in [0.15, 0.2) is 4.58 Å². The molecule has 2 aliphatic rings. The van der Waals surface area contributed by atoms with E-state index in [4.69, 9.17) is 4.74 Å². The summed E-state index contributed by atoms with van der Waals surface area (Å²) in [7, 11) is 0. The minimum atomic E-state index is -1.80. The third kappa shape index (κ3) is 5.36. The first-order valence-corrected chi connectivity index (χ1v) is 9.02. The summed E-state index contributed by atoms with van der Waals surface area (Å²) >= 11 is 2.81. The lowest BCUT2D eigenvalue weighted by Crippen LogP contribution is -2.17. The number of alkyl halides is 2. The summed E-state index contributed by atoms with van der Waals surface area (Å²) in [5.74, 6) is 0.120. The van der Waals surface area contributed by atoms with Gasteiger partial charge in [-0.1, -0.05) is 12.1 Å². The number of carbonyl (C=O) groups excluding carboxylic acids is 1. The number of allylic oxidation sites excluding steroid dienone is 2. The fourth-order valence-electron chi connectivity index (χ4n) is 2.42. The Morgan fingerprint density at radius 2 is 2.24 bits per heavy atom. The lowest BCUT2D eigenvalue weighted by atomic mass is 10.0. The minimum Gasteiger partial charge on any atom is -0.465 e. The number of aromatic nitrogens is 1. The number of esters is 1. The van der Waals surface area contributed by atoms with Crippen molar-refractivity contribution < 1.29 is 18.3 Å². The molecule has 3 rings (SSSR count). The van der Waals surface area contributed by atoms with E-state index in [2.05, 4.69) is 26.2 Å². The number of nitrogens with one attached hydrogen (secondary N) is 1. The zero-order chi connectivity index (χ0) is 17.9. The summed E-state index contributed by atoms with van der Waals surface area (Å²) < 4.78 is 30.8. The van der Waals surface area contributed by atoms with Crippen molar-refractivity contribution in [1.82, 2.24) is 4.98 Å². The first kappa shape index (κ1) is 18.0. The van der Waals surface area contributed by atoms with Crippen molar-refractivity contribution >= 4 is 27.7 Å². The van der Waals surface area contributed by atoms with Crippen molar-refractivity contribution in [2.24, 2.45) is 5.92 Å². The minimum absolute atomic E-state index is 0.108. The number of hydrogen-bond acceptors (Lipinski definition) is 4. The van der Waals surface area contributed by atoms with Gasteiger partial charge in [0.05, 0.1) is 12.5 Å². The van der Waals surface area contributed by atoms with Crippen molar-refractivity contribution in [1.29, 1.82) is 0 Å². The van der Waals surface area contributed by atoms with E-state index >= 15 is 0 Å². The standard InChI is InChI=1S/C18H19BrF2N2O2/c19-18(21)7-5-14(15(20)9-18)11-23-16-4-1-12(10-22-16)6-8-25-17(24)13-2-3-13/h1,4-5,7,10,13H,2-3,6,8-9,11H2,(H,22,23)/t18-/m0/s1. The Balaban J connectivity index is 1.44. The third-order valence-electron chi connectivity index (χ3n) is 4.10. The highest BCUT2D eigenvalue weighted by Crippen LogP contribution is 2.35. The predicted molar refractivity (Wildman–Crippen MR) is 94.8 cm³/mol. The summed E-state index contributed by atoms with van der Waals surface area (Å²) in [6.45, 7) is 0.584. The summed E-state index contributed by atoms with van der Waals surface area (Å²) in [4.78, 5) is 15.7. The Labute approximate surface area is 153 Å². The van der Waals surface area contributed by atoms with Crippen molar-refractivity contribution in [3.05, 3.63) is 47.4 Å². The fourth-order valence-corrected chi connectivity index (χ4v) is 2.79. The van der Waals surface area contributed by atoms with Gasteiger partial charge in [0.1, 0.15) is 11.6 Å². The lowest BCUT2D eigenvalue weighted by Gasteiger charge is -2.19. The van der Waals surface area contributed by atoms with Crippen LogP contribution >= 0.6 is 15.9 Å². The molecule has 1 N–H and O–H groups in total. The number of ether oxygens (including phenoxy) is 1. The van der Waals surface area contributed by atoms with Gasteiger partial charge in [-0.05, 0) is 46.5 Å². The molecule has 0 spiro atoms. The number of nitrogens with zero attached hydrogens (tertiary/aromatic N) is 1. The van der Waals surface area contributed by atoms with E-state index in [9.17, 15) is 13.6 Å². The average molecular weight is 413 g/mol. The number of carbonyl (C=O) groups is 1. The third-order valence-corrected chi connectivity index (χ3v) is 4.64. The van der Waals surface area contributed by atoms with Crippen LogP contribution in [0.15, 0.2) is 41.9 Å². The molecular weight excluding hydrogens is 394 g/mol. The summed E-state index contributed by atoms with van der Waals surface area (Å²) in [6.07, 6.45) is 6.60. The van der Waals surface area contributed by atoms with E-state index in [0.29, 0.717) is 24.4 Å². The molecule has 1 atom stereocenters. The summed E-state index contributed by atoms with van der Waals surface area (Å²) in [6, 6.07) is 3.67. The van der Waals surface area contributed by atoms with Crippen molar-refractivity contribution in [3.63, 3.8) is 0 Å². The molecule has 1 heterocycles. The molecule has 0 saturated heterocycles. The number of pyridine rings is 1. The molecule has 1 aromatic rings. The van der Waals surface area contributed by atoms with E-state index in [-0.39, 0.29) is 24.9 Å². The van der Waals surface area contributed by atoms with Crippen molar-refractivity contribution in [2.75, 3.05) is 18.5 Å². The second-order valence-electron chi connectivity index (χ2n) is 6.30. The fraction of sp³-hybridized carbons (Fsp3) is 0.444. The van der Waals surface area contributed by atoms with Crippen LogP contribution in [-0.2, 0) is 16.0 Å². The normalized spacial score (nSPS) is 22.8. The van der Waals surface area contributed by atoms with Crippen LogP contribution in [0, 0.1) is 5.92 Å². The van der Waals surface area contributed by atoms with Crippen LogP contribution in [0.3, 0.4) is 0 Å². The highest BCUT2D eigenvalue weighted by molar-refractivity contribution is 9.10. The molecule has 0 aromatic carbocycles. The highest BCUT2D eigenvalue weighted by Gasteiger charge is 2.31. The number of rotatable bonds is 7. The monoisotopic (exact) mass is 412 g/mol. The molecule has 0 radical (unpaired) electrons. The van der Waals surface area contributed by atoms with Crippen LogP contribution in [0.2, 0.25) is 0 Å². The second kappa shape index (κ2) is 7.64. The first-order valence-electron chi connectivity index (χ1n) is 8.23. The first-order chi connectivity index (χ1) is 11.9. The van der Waals surface area contributed by atoms with Gasteiger partial charge < -0.3 is 10.1 Å². The molecule has 25 heavy (non-hydrogen) atoms. The summed E-state index contributed by atoms with van der Waals surface area (Å²) in [5.41, 5.74) is 1.36. The SMILES string of the molecule is O=C(OCCc1ccc(NCC2=C(F)C[C@](F)(Br)C=C2)nc1)C1CC1. The summed E-state index contributed by atoms with van der Waals surface area (Å²) in [5, 5.41) is 3.01. The van der Waals surface area contributed by atoms with Crippen LogP contribution < -0.4 is 5.32 Å². The molecule has 2 aliphatic carbocycles. The molecule has 1 aromatic heterocycles. The van der Waals surface area contributed by atoms with Gasteiger partial charge in [-0.2, -0.15) is 0 Å². The molecule has 0 bridgehead atoms. The van der Waals surface area contributed by atoms with E-state index < -0.39 is 10.4 Å². The zero-order valence-electron chi connectivity index (χ0n) is 13.6. The smallest absolute Gasteiger partial charge is 0.308 e. The highest BCUT2D eigenvalue weighted by atomic mass is 79.9. The number of hydrogen-bond donors (Lipinski definition) is 1. The van der Waals surface area contributed by atoms with Crippen LogP contribution in [0.5, 0.6) is 0 Å². The lowest BCUT2D eigenvalue weighted by molar-refractivity contribution is -0.145. The van der Waals surface area contributed by atoms with E-state index in [0.717, 1.165) is 18.4 Å². The molecule has 1 saturated carbocycles. The zero-order valence-corrected chi connectivity index (χ0v) is 15.2. The van der Waals surface area contributed by atoms with Gasteiger partial charge in [0.2, 0.25) is 0 Å². The molecule has 1 fully saturated rings. The van der Waals surface area contributed by atoms with Crippen LogP contribution in [-0.4, -0.2) is 28.7 Å². The molecule has 7 heteroatoms. The van der Waals surface area contributed by atoms with E-state index in [1.54, 1.807) is 12.3 Å². The van der Waals surface area contributed by atoms with E-state index in [1.165, 1.54) is 12.2 Å². The van der Waals surface area contributed by atoms with Gasteiger partial charge in [-0.3, -0.25) is 4.79 Å². The number of anilines is 1. The molecule has 0 amide bonds. The van der Waals surface area contributed by atoms with Gasteiger partial charge in [-0.15, -0.1) is 0 Å². The van der Waals surface area contributed by atoms with Crippen LogP contribution in [0.4, 0.5) is 14.6 Å². The number of halogens is 3. The molecular formula is C18H19BrF2N2O2. The Hall–Kier alpha value is -1.76. The largest absolute Gasteiger partial charge is 0.465 e. The van der Waals surface area contributed by atoms with Gasteiger partial charge >= 0.3 is 5.97 Å². The van der Waals surface area contributed by atoms with Crippen molar-refractivity contribution in [2.45, 2.75) is 30.3 Å². The maximum atomic E-state index is 13.8. The Kier molecular flexibility index (Phi) is 5.51.